The molecule has 0 aliphatic rings. The third-order valence-corrected chi connectivity index (χ3v) is 4.33. The summed E-state index contributed by atoms with van der Waals surface area (Å²) in [5.74, 6) is 0. The summed E-state index contributed by atoms with van der Waals surface area (Å²) >= 11 is 1.76. The number of thiazole rings is 1. The van der Waals surface area contributed by atoms with Crippen molar-refractivity contribution < 1.29 is 0 Å². The summed E-state index contributed by atoms with van der Waals surface area (Å²) < 4.78 is 0. The highest BCUT2D eigenvalue weighted by Crippen LogP contribution is 2.26. The molecule has 0 radical (unpaired) electrons. The zero-order chi connectivity index (χ0) is 14.6. The normalized spacial score (nSPS) is 11.3. The van der Waals surface area contributed by atoms with Gasteiger partial charge in [0.1, 0.15) is 0 Å². The predicted octanol–water partition coefficient (Wildman–Crippen LogP) is 3.60. The van der Waals surface area contributed by atoms with Crippen LogP contribution in [0.25, 0.3) is 0 Å². The van der Waals surface area contributed by atoms with Gasteiger partial charge in [-0.05, 0) is 17.7 Å². The second-order valence-electron chi connectivity index (χ2n) is 5.79. The van der Waals surface area contributed by atoms with Crippen LogP contribution in [0.15, 0.2) is 30.5 Å². The molecule has 20 heavy (non-hydrogen) atoms. The molecule has 0 aliphatic carbocycles. The van der Waals surface area contributed by atoms with E-state index in [1.807, 2.05) is 30.5 Å². The van der Waals surface area contributed by atoms with Gasteiger partial charge >= 0.3 is 0 Å². The Balaban J connectivity index is 1.86. The van der Waals surface area contributed by atoms with Gasteiger partial charge in [0.05, 0.1) is 16.6 Å². The number of nitriles is 1. The van der Waals surface area contributed by atoms with Crippen LogP contribution in [0.3, 0.4) is 0 Å². The molecule has 1 heterocycles. The van der Waals surface area contributed by atoms with E-state index in [-0.39, 0.29) is 5.41 Å². The largest absolute Gasteiger partial charge is 0.308 e. The van der Waals surface area contributed by atoms with E-state index in [9.17, 15) is 0 Å². The highest BCUT2D eigenvalue weighted by atomic mass is 32.1. The highest BCUT2D eigenvalue weighted by molar-refractivity contribution is 7.11. The van der Waals surface area contributed by atoms with E-state index < -0.39 is 0 Å². The lowest BCUT2D eigenvalue weighted by molar-refractivity contribution is 0.585. The average molecular weight is 285 g/mol. The molecule has 2 aromatic rings. The van der Waals surface area contributed by atoms with Gasteiger partial charge in [-0.2, -0.15) is 5.26 Å². The maximum absolute atomic E-state index is 8.75. The topological polar surface area (TPSA) is 48.7 Å². The van der Waals surface area contributed by atoms with Crippen LogP contribution in [-0.4, -0.2) is 4.98 Å². The Labute approximate surface area is 124 Å². The zero-order valence-electron chi connectivity index (χ0n) is 12.1. The minimum absolute atomic E-state index is 0.121. The van der Waals surface area contributed by atoms with Gasteiger partial charge in [0.2, 0.25) is 0 Å². The van der Waals surface area contributed by atoms with Gasteiger partial charge in [0, 0.05) is 29.6 Å². The summed E-state index contributed by atoms with van der Waals surface area (Å²) in [6, 6.07) is 9.79. The van der Waals surface area contributed by atoms with Crippen LogP contribution in [0.1, 0.15) is 41.8 Å². The maximum Gasteiger partial charge on any atom is 0.0991 e. The highest BCUT2D eigenvalue weighted by Gasteiger charge is 2.17. The molecule has 0 amide bonds. The Hall–Kier alpha value is -1.70. The van der Waals surface area contributed by atoms with Crippen molar-refractivity contribution in [3.8, 4) is 6.07 Å². The van der Waals surface area contributed by atoms with Gasteiger partial charge in [-0.1, -0.05) is 32.9 Å². The molecule has 0 atom stereocenters. The van der Waals surface area contributed by atoms with E-state index >= 15 is 0 Å². The Morgan fingerprint density at radius 2 is 1.90 bits per heavy atom. The average Bonchev–Trinajstić information content (AvgIpc) is 2.88. The Kier molecular flexibility index (Phi) is 4.53. The quantitative estimate of drug-likeness (QED) is 0.933. The Bertz CT molecular complexity index is 600. The maximum atomic E-state index is 8.75. The van der Waals surface area contributed by atoms with E-state index in [1.54, 1.807) is 11.3 Å². The first-order valence-corrected chi connectivity index (χ1v) is 7.45. The third-order valence-electron chi connectivity index (χ3n) is 2.91. The van der Waals surface area contributed by atoms with Crippen molar-refractivity contribution in [2.24, 2.45) is 0 Å². The Morgan fingerprint density at radius 1 is 1.20 bits per heavy atom. The molecule has 0 saturated carbocycles. The number of aromatic nitrogens is 1. The van der Waals surface area contributed by atoms with Crippen LogP contribution in [0.4, 0.5) is 0 Å². The zero-order valence-corrected chi connectivity index (χ0v) is 12.9. The van der Waals surface area contributed by atoms with Crippen LogP contribution in [0.5, 0.6) is 0 Å². The van der Waals surface area contributed by atoms with E-state index in [0.717, 1.165) is 13.1 Å². The van der Waals surface area contributed by atoms with Gasteiger partial charge < -0.3 is 5.32 Å². The molecular weight excluding hydrogens is 266 g/mol. The van der Waals surface area contributed by atoms with Gasteiger partial charge in [-0.15, -0.1) is 11.3 Å². The number of hydrogen-bond acceptors (Lipinski definition) is 4. The van der Waals surface area contributed by atoms with Crippen molar-refractivity contribution in [2.45, 2.75) is 39.3 Å². The van der Waals surface area contributed by atoms with Crippen LogP contribution in [0.2, 0.25) is 0 Å². The second-order valence-corrected chi connectivity index (χ2v) is 6.91. The molecule has 0 bridgehead atoms. The number of benzene rings is 1. The molecule has 0 unspecified atom stereocenters. The summed E-state index contributed by atoms with van der Waals surface area (Å²) in [4.78, 5) is 5.73. The standard InChI is InChI=1S/C16H19N3S/c1-16(2,3)15-19-11-14(20-15)10-18-9-13-6-4-12(8-17)5-7-13/h4-7,11,18H,9-10H2,1-3H3. The molecule has 2 rings (SSSR count). The molecule has 0 spiro atoms. The summed E-state index contributed by atoms with van der Waals surface area (Å²) in [5.41, 5.74) is 2.01. The fourth-order valence-corrected chi connectivity index (χ4v) is 2.70. The van der Waals surface area contributed by atoms with Gasteiger partial charge in [-0.25, -0.2) is 4.98 Å². The lowest BCUT2D eigenvalue weighted by atomic mass is 9.98. The second kappa shape index (κ2) is 6.17. The van der Waals surface area contributed by atoms with Crippen LogP contribution >= 0.6 is 11.3 Å². The SMILES string of the molecule is CC(C)(C)c1ncc(CNCc2ccc(C#N)cc2)s1. The first kappa shape index (κ1) is 14.7. The van der Waals surface area contributed by atoms with Gasteiger partial charge in [0.15, 0.2) is 0 Å². The van der Waals surface area contributed by atoms with E-state index in [1.165, 1.54) is 15.4 Å². The number of hydrogen-bond donors (Lipinski definition) is 1. The predicted molar refractivity (Wildman–Crippen MR) is 82.5 cm³/mol. The fourth-order valence-electron chi connectivity index (χ4n) is 1.76. The Morgan fingerprint density at radius 3 is 2.45 bits per heavy atom. The van der Waals surface area contributed by atoms with Crippen molar-refractivity contribution in [3.63, 3.8) is 0 Å². The van der Waals surface area contributed by atoms with Crippen LogP contribution in [0, 0.1) is 11.3 Å². The first-order chi connectivity index (χ1) is 9.49. The van der Waals surface area contributed by atoms with Crippen molar-refractivity contribution in [1.82, 2.24) is 10.3 Å². The lowest BCUT2D eigenvalue weighted by Crippen LogP contribution is -2.11. The monoisotopic (exact) mass is 285 g/mol. The van der Waals surface area contributed by atoms with E-state index in [0.29, 0.717) is 5.56 Å². The van der Waals surface area contributed by atoms with Crippen molar-refractivity contribution in [2.75, 3.05) is 0 Å². The summed E-state index contributed by atoms with van der Waals surface area (Å²) in [6.07, 6.45) is 1.96. The molecule has 1 N–H and O–H groups in total. The number of nitrogens with one attached hydrogen (secondary N) is 1. The van der Waals surface area contributed by atoms with E-state index in [4.69, 9.17) is 5.26 Å². The summed E-state index contributed by atoms with van der Waals surface area (Å²) in [5, 5.41) is 13.3. The summed E-state index contributed by atoms with van der Waals surface area (Å²) in [7, 11) is 0. The molecule has 3 nitrogen and oxygen atoms in total. The molecular formula is C16H19N3S. The molecule has 4 heteroatoms. The lowest BCUT2D eigenvalue weighted by Gasteiger charge is -2.13. The van der Waals surface area contributed by atoms with Crippen molar-refractivity contribution in [1.29, 1.82) is 5.26 Å². The third kappa shape index (κ3) is 3.89. The summed E-state index contributed by atoms with van der Waals surface area (Å²) in [6.45, 7) is 8.17. The number of nitrogens with zero attached hydrogens (tertiary/aromatic N) is 2. The first-order valence-electron chi connectivity index (χ1n) is 6.64. The van der Waals surface area contributed by atoms with Crippen molar-refractivity contribution in [3.05, 3.63) is 51.5 Å². The van der Waals surface area contributed by atoms with Gasteiger partial charge in [-0.3, -0.25) is 0 Å². The number of rotatable bonds is 4. The minimum atomic E-state index is 0.121. The molecule has 0 fully saturated rings. The van der Waals surface area contributed by atoms with Gasteiger partial charge in [0.25, 0.3) is 0 Å². The molecule has 0 saturated heterocycles. The molecule has 104 valence electrons. The molecule has 0 aliphatic heterocycles. The van der Waals surface area contributed by atoms with Crippen molar-refractivity contribution >= 4 is 11.3 Å². The molecule has 1 aromatic carbocycles. The minimum Gasteiger partial charge on any atom is -0.308 e. The molecule has 1 aromatic heterocycles. The smallest absolute Gasteiger partial charge is 0.0991 e. The van der Waals surface area contributed by atoms with Crippen LogP contribution < -0.4 is 5.32 Å². The fraction of sp³-hybridized carbons (Fsp3) is 0.375. The van der Waals surface area contributed by atoms with E-state index in [2.05, 4.69) is 37.1 Å². The van der Waals surface area contributed by atoms with Crippen LogP contribution in [-0.2, 0) is 18.5 Å².